The first kappa shape index (κ1) is 15.3. The molecule has 5 heteroatoms. The zero-order valence-electron chi connectivity index (χ0n) is 11.4. The second-order valence-electron chi connectivity index (χ2n) is 5.38. The first-order valence-electron chi connectivity index (χ1n) is 7.04. The number of hydrogen-bond acceptors (Lipinski definition) is 3. The van der Waals surface area contributed by atoms with E-state index >= 15 is 0 Å². The van der Waals surface area contributed by atoms with Gasteiger partial charge in [0, 0.05) is 29.8 Å². The van der Waals surface area contributed by atoms with Crippen molar-refractivity contribution in [2.75, 3.05) is 6.61 Å². The lowest BCUT2D eigenvalue weighted by Crippen LogP contribution is -2.39. The number of carbonyl (C=O) groups is 1. The van der Waals surface area contributed by atoms with Crippen molar-refractivity contribution in [3.8, 4) is 0 Å². The van der Waals surface area contributed by atoms with Crippen molar-refractivity contribution in [2.24, 2.45) is 11.7 Å². The van der Waals surface area contributed by atoms with Crippen LogP contribution in [-0.2, 0) is 6.54 Å². The van der Waals surface area contributed by atoms with E-state index in [2.05, 4.69) is 5.32 Å². The number of carbonyl (C=O) groups excluding carboxylic acids is 1. The molecular formula is C15H21ClN2O2. The number of halogens is 1. The Morgan fingerprint density at radius 2 is 2.15 bits per heavy atom. The van der Waals surface area contributed by atoms with Gasteiger partial charge in [-0.25, -0.2) is 0 Å². The first-order chi connectivity index (χ1) is 9.61. The van der Waals surface area contributed by atoms with Gasteiger partial charge in [-0.15, -0.1) is 0 Å². The van der Waals surface area contributed by atoms with Gasteiger partial charge in [0.05, 0.1) is 0 Å². The van der Waals surface area contributed by atoms with E-state index in [1.165, 1.54) is 12.8 Å². The summed E-state index contributed by atoms with van der Waals surface area (Å²) in [5, 5.41) is 13.4. The van der Waals surface area contributed by atoms with E-state index in [4.69, 9.17) is 17.3 Å². The van der Waals surface area contributed by atoms with Gasteiger partial charge in [0.25, 0.3) is 0 Å². The molecule has 1 saturated carbocycles. The Morgan fingerprint density at radius 3 is 2.80 bits per heavy atom. The van der Waals surface area contributed by atoms with Gasteiger partial charge in [-0.3, -0.25) is 4.79 Å². The minimum absolute atomic E-state index is 0.228. The predicted molar refractivity (Wildman–Crippen MR) is 79.6 cm³/mol. The third-order valence-corrected chi connectivity index (χ3v) is 4.39. The van der Waals surface area contributed by atoms with E-state index < -0.39 is 5.91 Å². The number of aliphatic hydroxyl groups excluding tert-OH is 1. The lowest BCUT2D eigenvalue weighted by Gasteiger charge is -2.31. The number of aliphatic hydroxyl groups is 1. The van der Waals surface area contributed by atoms with Crippen LogP contribution in [0.4, 0.5) is 0 Å². The van der Waals surface area contributed by atoms with E-state index in [-0.39, 0.29) is 6.61 Å². The summed E-state index contributed by atoms with van der Waals surface area (Å²) in [6, 6.07) is 5.45. The molecule has 0 aliphatic heterocycles. The Kier molecular flexibility index (Phi) is 5.40. The van der Waals surface area contributed by atoms with Gasteiger partial charge in [0.2, 0.25) is 5.91 Å². The summed E-state index contributed by atoms with van der Waals surface area (Å²) < 4.78 is 0. The first-order valence-corrected chi connectivity index (χ1v) is 7.42. The average Bonchev–Trinajstić information content (AvgIpc) is 2.46. The van der Waals surface area contributed by atoms with Crippen LogP contribution in [0.15, 0.2) is 18.2 Å². The molecule has 1 amide bonds. The third-order valence-electron chi connectivity index (χ3n) is 4.04. The van der Waals surface area contributed by atoms with Crippen molar-refractivity contribution in [1.29, 1.82) is 0 Å². The predicted octanol–water partition coefficient (Wildman–Crippen LogP) is 2.08. The van der Waals surface area contributed by atoms with Crippen molar-refractivity contribution < 1.29 is 9.90 Å². The van der Waals surface area contributed by atoms with Crippen LogP contribution < -0.4 is 11.1 Å². The van der Waals surface area contributed by atoms with Crippen molar-refractivity contribution in [1.82, 2.24) is 5.32 Å². The van der Waals surface area contributed by atoms with Crippen molar-refractivity contribution in [2.45, 2.75) is 38.3 Å². The quantitative estimate of drug-likeness (QED) is 0.779. The normalized spacial score (nSPS) is 22.7. The smallest absolute Gasteiger partial charge is 0.248 e. The standard InChI is InChI=1S/C15H21ClN2O2/c16-13-7-10(15(17)20)5-6-11(13)8-18-14-4-2-1-3-12(14)9-19/h5-7,12,14,18-19H,1-4,8-9H2,(H2,17,20). The van der Waals surface area contributed by atoms with Gasteiger partial charge in [0.1, 0.15) is 0 Å². The molecule has 4 nitrogen and oxygen atoms in total. The number of nitrogens with two attached hydrogens (primary N) is 1. The molecule has 2 rings (SSSR count). The fourth-order valence-electron chi connectivity index (χ4n) is 2.78. The summed E-state index contributed by atoms with van der Waals surface area (Å²) in [7, 11) is 0. The molecule has 4 N–H and O–H groups in total. The maximum absolute atomic E-state index is 11.1. The number of nitrogens with one attached hydrogen (secondary N) is 1. The second kappa shape index (κ2) is 7.07. The van der Waals surface area contributed by atoms with Crippen molar-refractivity contribution in [3.63, 3.8) is 0 Å². The highest BCUT2D eigenvalue weighted by atomic mass is 35.5. The Bertz CT molecular complexity index is 479. The molecule has 1 fully saturated rings. The second-order valence-corrected chi connectivity index (χ2v) is 5.79. The maximum atomic E-state index is 11.1. The lowest BCUT2D eigenvalue weighted by atomic mass is 9.85. The highest BCUT2D eigenvalue weighted by Gasteiger charge is 2.23. The molecule has 2 unspecified atom stereocenters. The monoisotopic (exact) mass is 296 g/mol. The lowest BCUT2D eigenvalue weighted by molar-refractivity contribution is 0.1000. The van der Waals surface area contributed by atoms with Crippen LogP contribution in [0.2, 0.25) is 5.02 Å². The van der Waals surface area contributed by atoms with Gasteiger partial charge < -0.3 is 16.2 Å². The average molecular weight is 297 g/mol. The van der Waals surface area contributed by atoms with E-state index in [9.17, 15) is 9.90 Å². The summed E-state index contributed by atoms with van der Waals surface area (Å²) in [5.74, 6) is -0.147. The number of primary amides is 1. The van der Waals surface area contributed by atoms with Crippen LogP contribution in [-0.4, -0.2) is 23.7 Å². The van der Waals surface area contributed by atoms with Crippen molar-refractivity contribution >= 4 is 17.5 Å². The minimum Gasteiger partial charge on any atom is -0.396 e. The van der Waals surface area contributed by atoms with Crippen LogP contribution >= 0.6 is 11.6 Å². The number of benzene rings is 1. The zero-order chi connectivity index (χ0) is 14.5. The van der Waals surface area contributed by atoms with Crippen LogP contribution in [0.3, 0.4) is 0 Å². The Balaban J connectivity index is 1.98. The fourth-order valence-corrected chi connectivity index (χ4v) is 3.03. The van der Waals surface area contributed by atoms with Gasteiger partial charge in [0.15, 0.2) is 0 Å². The van der Waals surface area contributed by atoms with E-state index in [1.54, 1.807) is 12.1 Å². The number of hydrogen-bond donors (Lipinski definition) is 3. The molecule has 0 aromatic heterocycles. The molecule has 1 aliphatic rings. The van der Waals surface area contributed by atoms with Gasteiger partial charge in [-0.2, -0.15) is 0 Å². The molecule has 1 aromatic carbocycles. The Morgan fingerprint density at radius 1 is 1.40 bits per heavy atom. The minimum atomic E-state index is -0.473. The zero-order valence-corrected chi connectivity index (χ0v) is 12.2. The highest BCUT2D eigenvalue weighted by Crippen LogP contribution is 2.25. The highest BCUT2D eigenvalue weighted by molar-refractivity contribution is 6.31. The molecular weight excluding hydrogens is 276 g/mol. The SMILES string of the molecule is NC(=O)c1ccc(CNC2CCCCC2CO)c(Cl)c1. The van der Waals surface area contributed by atoms with E-state index in [0.717, 1.165) is 18.4 Å². The molecule has 0 spiro atoms. The largest absolute Gasteiger partial charge is 0.396 e. The molecule has 20 heavy (non-hydrogen) atoms. The van der Waals surface area contributed by atoms with Crippen LogP contribution in [0.25, 0.3) is 0 Å². The molecule has 1 aromatic rings. The molecule has 0 radical (unpaired) electrons. The summed E-state index contributed by atoms with van der Waals surface area (Å²) in [5.41, 5.74) is 6.58. The Hall–Kier alpha value is -1.10. The molecule has 0 saturated heterocycles. The summed E-state index contributed by atoms with van der Waals surface area (Å²) in [4.78, 5) is 11.1. The van der Waals surface area contributed by atoms with E-state index in [1.807, 2.05) is 6.07 Å². The molecule has 0 heterocycles. The number of rotatable bonds is 5. The Labute approximate surface area is 124 Å². The summed E-state index contributed by atoms with van der Waals surface area (Å²) in [6.45, 7) is 0.866. The molecule has 110 valence electrons. The van der Waals surface area contributed by atoms with E-state index in [0.29, 0.717) is 29.1 Å². The molecule has 2 atom stereocenters. The summed E-state index contributed by atoms with van der Waals surface area (Å²) in [6.07, 6.45) is 4.55. The van der Waals surface area contributed by atoms with Crippen LogP contribution in [0.5, 0.6) is 0 Å². The molecule has 1 aliphatic carbocycles. The molecule has 0 bridgehead atoms. The van der Waals surface area contributed by atoms with Gasteiger partial charge in [-0.05, 0) is 36.5 Å². The van der Waals surface area contributed by atoms with Crippen LogP contribution in [0.1, 0.15) is 41.6 Å². The number of amides is 1. The summed E-state index contributed by atoms with van der Waals surface area (Å²) >= 11 is 6.16. The van der Waals surface area contributed by atoms with Gasteiger partial charge in [-0.1, -0.05) is 30.5 Å². The third kappa shape index (κ3) is 3.72. The van der Waals surface area contributed by atoms with Crippen molar-refractivity contribution in [3.05, 3.63) is 34.3 Å². The maximum Gasteiger partial charge on any atom is 0.248 e. The van der Waals surface area contributed by atoms with Gasteiger partial charge >= 0.3 is 0 Å². The van der Waals surface area contributed by atoms with Crippen LogP contribution in [0, 0.1) is 5.92 Å². The fraction of sp³-hybridized carbons (Fsp3) is 0.533. The topological polar surface area (TPSA) is 75.4 Å².